The fourth-order valence-electron chi connectivity index (χ4n) is 5.59. The van der Waals surface area contributed by atoms with Gasteiger partial charge in [0.2, 0.25) is 0 Å². The molecule has 3 atom stereocenters. The molecule has 5 rings (SSSR count). The molecular weight excluding hydrogens is 659 g/mol. The molecule has 0 saturated carbocycles. The molecule has 0 bridgehead atoms. The summed E-state index contributed by atoms with van der Waals surface area (Å²) < 4.78 is 12.3. The standard InChI is InChI=1S/C34H35IN2O4S/c1-3-24(35)21-37-29(18-19-31(34(39)40-2)42-25-14-8-5-9-15-25)32-27(26-16-10-11-17-28(26)36-32)20-30(37)33(38)41-22-23-12-6-4-7-13-23/h3-17,29-31,36H,18-22H2,1-2H3/b24-3-/t29-,30+,31?/m0/s1. The lowest BCUT2D eigenvalue weighted by atomic mass is 9.89. The number of para-hydroxylation sites is 1. The SMILES string of the molecule is C/C=C(\I)CN1[C@@H](C(=O)OCc2ccccc2)Cc2c([nH]c3ccccc23)[C@@H]1CCC(Sc1ccccc1)C(=O)OC. The normalized spacial score (nSPS) is 17.9. The average Bonchev–Trinajstić information content (AvgIpc) is 3.41. The van der Waals surface area contributed by atoms with E-state index in [2.05, 4.69) is 50.7 Å². The van der Waals surface area contributed by atoms with E-state index >= 15 is 0 Å². The van der Waals surface area contributed by atoms with E-state index in [1.54, 1.807) is 0 Å². The summed E-state index contributed by atoms with van der Waals surface area (Å²) in [4.78, 5) is 33.7. The molecule has 2 heterocycles. The molecule has 6 nitrogen and oxygen atoms in total. The largest absolute Gasteiger partial charge is 0.468 e. The predicted molar refractivity (Wildman–Crippen MR) is 177 cm³/mol. The second-order valence-electron chi connectivity index (χ2n) is 10.3. The van der Waals surface area contributed by atoms with Crippen LogP contribution >= 0.6 is 34.4 Å². The number of benzene rings is 3. The van der Waals surface area contributed by atoms with Crippen LogP contribution in [-0.2, 0) is 32.1 Å². The van der Waals surface area contributed by atoms with Gasteiger partial charge in [-0.25, -0.2) is 0 Å². The molecular formula is C34H35IN2O4S. The lowest BCUT2D eigenvalue weighted by molar-refractivity contribution is -0.153. The van der Waals surface area contributed by atoms with Gasteiger partial charge in [-0.1, -0.05) is 72.8 Å². The minimum atomic E-state index is -0.464. The number of nitrogens with one attached hydrogen (secondary N) is 1. The molecule has 1 aliphatic rings. The number of methoxy groups -OCH3 is 1. The minimum absolute atomic E-state index is 0.122. The summed E-state index contributed by atoms with van der Waals surface area (Å²) in [5.74, 6) is -0.479. The predicted octanol–water partition coefficient (Wildman–Crippen LogP) is 7.63. The van der Waals surface area contributed by atoms with Gasteiger partial charge >= 0.3 is 11.9 Å². The first-order chi connectivity index (χ1) is 20.5. The molecule has 4 aromatic rings. The van der Waals surface area contributed by atoms with Gasteiger partial charge in [0.25, 0.3) is 0 Å². The Morgan fingerprint density at radius 3 is 2.45 bits per heavy atom. The van der Waals surface area contributed by atoms with E-state index in [9.17, 15) is 9.59 Å². The number of hydrogen-bond acceptors (Lipinski definition) is 6. The molecule has 1 N–H and O–H groups in total. The number of halogens is 1. The molecule has 0 aliphatic carbocycles. The van der Waals surface area contributed by atoms with Gasteiger partial charge in [0, 0.05) is 38.0 Å². The summed E-state index contributed by atoms with van der Waals surface area (Å²) in [5.41, 5.74) is 4.26. The first-order valence-corrected chi connectivity index (χ1v) is 16.1. The maximum Gasteiger partial charge on any atom is 0.324 e. The molecule has 0 saturated heterocycles. The highest BCUT2D eigenvalue weighted by molar-refractivity contribution is 14.1. The third-order valence-corrected chi connectivity index (χ3v) is 9.93. The smallest absolute Gasteiger partial charge is 0.324 e. The van der Waals surface area contributed by atoms with Crippen molar-refractivity contribution in [1.29, 1.82) is 0 Å². The topological polar surface area (TPSA) is 71.6 Å². The number of carbonyl (C=O) groups excluding carboxylic acids is 2. The maximum absolute atomic E-state index is 13.8. The molecule has 0 fully saturated rings. The van der Waals surface area contributed by atoms with Crippen molar-refractivity contribution in [3.05, 3.63) is 111 Å². The Balaban J connectivity index is 1.48. The van der Waals surface area contributed by atoms with Crippen molar-refractivity contribution >= 4 is 57.2 Å². The fourth-order valence-corrected chi connectivity index (χ4v) is 7.07. The summed E-state index contributed by atoms with van der Waals surface area (Å²) in [7, 11) is 1.44. The first-order valence-electron chi connectivity index (χ1n) is 14.1. The van der Waals surface area contributed by atoms with Crippen molar-refractivity contribution in [3.8, 4) is 0 Å². The summed E-state index contributed by atoms with van der Waals surface area (Å²) in [5, 5.41) is 0.750. The van der Waals surface area contributed by atoms with Crippen LogP contribution in [0.5, 0.6) is 0 Å². The number of allylic oxidation sites excluding steroid dienone is 1. The van der Waals surface area contributed by atoms with Gasteiger partial charge in [-0.3, -0.25) is 14.5 Å². The highest BCUT2D eigenvalue weighted by atomic mass is 127. The van der Waals surface area contributed by atoms with Gasteiger partial charge in [-0.05, 0) is 71.7 Å². The van der Waals surface area contributed by atoms with Crippen LogP contribution in [0.4, 0.5) is 0 Å². The van der Waals surface area contributed by atoms with Gasteiger partial charge in [-0.2, -0.15) is 0 Å². The van der Waals surface area contributed by atoms with Crippen molar-refractivity contribution in [1.82, 2.24) is 9.88 Å². The van der Waals surface area contributed by atoms with Crippen LogP contribution < -0.4 is 0 Å². The van der Waals surface area contributed by atoms with Gasteiger partial charge in [0.15, 0.2) is 0 Å². The molecule has 0 amide bonds. The second-order valence-corrected chi connectivity index (χ2v) is 13.0. The van der Waals surface area contributed by atoms with Crippen molar-refractivity contribution in [3.63, 3.8) is 0 Å². The fraction of sp³-hybridized carbons (Fsp3) is 0.294. The number of thioether (sulfide) groups is 1. The summed E-state index contributed by atoms with van der Waals surface area (Å²) >= 11 is 3.87. The molecule has 1 aromatic heterocycles. The Kier molecular flexibility index (Phi) is 10.4. The van der Waals surface area contributed by atoms with Crippen molar-refractivity contribution in [2.24, 2.45) is 0 Å². The van der Waals surface area contributed by atoms with Crippen molar-refractivity contribution in [2.75, 3.05) is 13.7 Å². The van der Waals surface area contributed by atoms with Gasteiger partial charge < -0.3 is 14.5 Å². The third kappa shape index (κ3) is 7.10. The lowest BCUT2D eigenvalue weighted by Gasteiger charge is -2.41. The Morgan fingerprint density at radius 1 is 1.05 bits per heavy atom. The molecule has 8 heteroatoms. The van der Waals surface area contributed by atoms with E-state index in [0.29, 0.717) is 25.8 Å². The van der Waals surface area contributed by atoms with E-state index in [4.69, 9.17) is 9.47 Å². The Labute approximate surface area is 265 Å². The molecule has 0 radical (unpaired) electrons. The monoisotopic (exact) mass is 694 g/mol. The van der Waals surface area contributed by atoms with Crippen LogP contribution in [0.2, 0.25) is 0 Å². The highest BCUT2D eigenvalue weighted by Crippen LogP contribution is 2.42. The number of hydrogen-bond donors (Lipinski definition) is 1. The Morgan fingerprint density at radius 2 is 1.74 bits per heavy atom. The number of esters is 2. The van der Waals surface area contributed by atoms with E-state index in [1.165, 1.54) is 18.9 Å². The first kappa shape index (κ1) is 30.4. The van der Waals surface area contributed by atoms with Crippen LogP contribution in [0.3, 0.4) is 0 Å². The van der Waals surface area contributed by atoms with Crippen LogP contribution in [0.1, 0.15) is 42.6 Å². The average molecular weight is 695 g/mol. The molecule has 1 aliphatic heterocycles. The van der Waals surface area contributed by atoms with E-state index in [1.807, 2.05) is 79.7 Å². The highest BCUT2D eigenvalue weighted by Gasteiger charge is 2.41. The zero-order valence-corrected chi connectivity index (χ0v) is 26.8. The van der Waals surface area contributed by atoms with Crippen LogP contribution in [-0.4, -0.2) is 46.8 Å². The second kappa shape index (κ2) is 14.4. The Hall–Kier alpha value is -3.08. The number of aromatic nitrogens is 1. The van der Waals surface area contributed by atoms with Crippen molar-refractivity contribution in [2.45, 2.75) is 55.0 Å². The lowest BCUT2D eigenvalue weighted by Crippen LogP contribution is -2.49. The molecule has 218 valence electrons. The summed E-state index contributed by atoms with van der Waals surface area (Å²) in [6, 6.07) is 27.4. The number of carbonyl (C=O) groups is 2. The van der Waals surface area contributed by atoms with Gasteiger partial charge in [0.05, 0.1) is 13.2 Å². The third-order valence-electron chi connectivity index (χ3n) is 7.71. The number of ether oxygens (including phenoxy) is 2. The zero-order valence-electron chi connectivity index (χ0n) is 23.8. The molecule has 3 aromatic carbocycles. The number of nitrogens with zero attached hydrogens (tertiary/aromatic N) is 1. The molecule has 1 unspecified atom stereocenters. The number of fused-ring (bicyclic) bond motifs is 3. The minimum Gasteiger partial charge on any atom is -0.468 e. The quantitative estimate of drug-likeness (QED) is 0.0990. The summed E-state index contributed by atoms with van der Waals surface area (Å²) in [6.45, 7) is 2.85. The Bertz CT molecular complexity index is 1540. The van der Waals surface area contributed by atoms with Gasteiger partial charge in [0.1, 0.15) is 17.9 Å². The van der Waals surface area contributed by atoms with E-state index < -0.39 is 6.04 Å². The number of rotatable bonds is 11. The van der Waals surface area contributed by atoms with Gasteiger partial charge in [-0.15, -0.1) is 11.8 Å². The van der Waals surface area contributed by atoms with E-state index in [0.717, 1.165) is 36.2 Å². The number of H-pyrrole nitrogens is 1. The van der Waals surface area contributed by atoms with Crippen LogP contribution in [0, 0.1) is 0 Å². The molecule has 0 spiro atoms. The van der Waals surface area contributed by atoms with Crippen molar-refractivity contribution < 1.29 is 19.1 Å². The maximum atomic E-state index is 13.8. The zero-order chi connectivity index (χ0) is 29.5. The van der Waals surface area contributed by atoms with E-state index in [-0.39, 0.29) is 29.8 Å². The van der Waals surface area contributed by atoms with Crippen LogP contribution in [0.15, 0.2) is 99.5 Å². The molecule has 42 heavy (non-hydrogen) atoms. The summed E-state index contributed by atoms with van der Waals surface area (Å²) in [6.07, 6.45) is 3.87. The van der Waals surface area contributed by atoms with Crippen LogP contribution in [0.25, 0.3) is 10.9 Å². The number of aromatic amines is 1.